The number of sulfonamides is 1. The van der Waals surface area contributed by atoms with E-state index in [9.17, 15) is 13.2 Å². The van der Waals surface area contributed by atoms with E-state index in [1.54, 1.807) is 10.4 Å². The Bertz CT molecular complexity index is 492. The highest BCUT2D eigenvalue weighted by Gasteiger charge is 2.29. The number of piperidine rings is 1. The average molecular weight is 366 g/mol. The van der Waals surface area contributed by atoms with Crippen LogP contribution < -0.4 is 10.6 Å². The molecule has 2 unspecified atom stereocenters. The second-order valence-electron chi connectivity index (χ2n) is 6.15. The van der Waals surface area contributed by atoms with Crippen LogP contribution in [0.4, 0.5) is 0 Å². The maximum absolute atomic E-state index is 12.2. The van der Waals surface area contributed by atoms with Crippen molar-refractivity contribution in [3.05, 3.63) is 12.7 Å². The summed E-state index contributed by atoms with van der Waals surface area (Å²) >= 11 is 0. The highest BCUT2D eigenvalue weighted by atomic mass is 35.5. The molecule has 0 radical (unpaired) electrons. The lowest BCUT2D eigenvalue weighted by Gasteiger charge is -2.32. The summed E-state index contributed by atoms with van der Waals surface area (Å²) in [6, 6.07) is -0.0731. The van der Waals surface area contributed by atoms with E-state index in [2.05, 4.69) is 17.2 Å². The van der Waals surface area contributed by atoms with Crippen LogP contribution in [0.25, 0.3) is 0 Å². The molecule has 2 N–H and O–H groups in total. The summed E-state index contributed by atoms with van der Waals surface area (Å²) in [6.45, 7) is 6.14. The topological polar surface area (TPSA) is 78.5 Å². The van der Waals surface area contributed by atoms with Crippen LogP contribution in [0.5, 0.6) is 0 Å². The fourth-order valence-corrected chi connectivity index (χ4v) is 4.65. The molecular weight excluding hydrogens is 338 g/mol. The number of nitrogens with zero attached hydrogens (tertiary/aromatic N) is 1. The standard InChI is InChI=1S/C15H27N3O3S.ClH/c1-2-3-10-22(20,21)18-9-5-6-13(12-18)11-17-15(19)14-7-4-8-16-14;/h2,13-14,16H,1,3-12H2,(H,17,19);1H. The van der Waals surface area contributed by atoms with E-state index in [0.717, 1.165) is 32.2 Å². The molecule has 2 aliphatic rings. The van der Waals surface area contributed by atoms with E-state index in [-0.39, 0.29) is 36.0 Å². The molecule has 8 heteroatoms. The Morgan fingerprint density at radius 3 is 2.78 bits per heavy atom. The normalized spacial score (nSPS) is 25.6. The Morgan fingerprint density at radius 1 is 1.35 bits per heavy atom. The first-order valence-corrected chi connectivity index (χ1v) is 9.73. The summed E-state index contributed by atoms with van der Waals surface area (Å²) < 4.78 is 26.0. The molecule has 0 aromatic rings. The number of halogens is 1. The van der Waals surface area contributed by atoms with Crippen LogP contribution in [0.3, 0.4) is 0 Å². The largest absolute Gasteiger partial charge is 0.354 e. The Morgan fingerprint density at radius 2 is 2.13 bits per heavy atom. The van der Waals surface area contributed by atoms with Gasteiger partial charge in [0.05, 0.1) is 11.8 Å². The van der Waals surface area contributed by atoms with Crippen molar-refractivity contribution in [3.63, 3.8) is 0 Å². The highest BCUT2D eigenvalue weighted by Crippen LogP contribution is 2.19. The number of hydrogen-bond donors (Lipinski definition) is 2. The van der Waals surface area contributed by atoms with Crippen molar-refractivity contribution in [3.8, 4) is 0 Å². The molecule has 2 atom stereocenters. The van der Waals surface area contributed by atoms with Crippen molar-refractivity contribution in [2.24, 2.45) is 5.92 Å². The average Bonchev–Trinajstić information content (AvgIpc) is 3.05. The zero-order valence-corrected chi connectivity index (χ0v) is 15.1. The van der Waals surface area contributed by atoms with Crippen molar-refractivity contribution in [1.29, 1.82) is 0 Å². The van der Waals surface area contributed by atoms with Crippen LogP contribution in [-0.4, -0.2) is 56.6 Å². The van der Waals surface area contributed by atoms with Crippen molar-refractivity contribution in [1.82, 2.24) is 14.9 Å². The molecule has 0 aliphatic carbocycles. The summed E-state index contributed by atoms with van der Waals surface area (Å²) in [5, 5.41) is 6.14. The number of amides is 1. The monoisotopic (exact) mass is 365 g/mol. The number of carbonyl (C=O) groups excluding carboxylic acids is 1. The lowest BCUT2D eigenvalue weighted by molar-refractivity contribution is -0.123. The quantitative estimate of drug-likeness (QED) is 0.657. The van der Waals surface area contributed by atoms with Gasteiger partial charge in [-0.25, -0.2) is 12.7 Å². The molecule has 2 heterocycles. The Balaban J connectivity index is 0.00000264. The molecule has 23 heavy (non-hydrogen) atoms. The van der Waals surface area contributed by atoms with E-state index >= 15 is 0 Å². The third-order valence-corrected chi connectivity index (χ3v) is 6.27. The van der Waals surface area contributed by atoms with Gasteiger partial charge >= 0.3 is 0 Å². The lowest BCUT2D eigenvalue weighted by atomic mass is 9.99. The van der Waals surface area contributed by atoms with Gasteiger partial charge in [0.15, 0.2) is 0 Å². The minimum Gasteiger partial charge on any atom is -0.354 e. The number of hydrogen-bond acceptors (Lipinski definition) is 4. The van der Waals surface area contributed by atoms with Gasteiger partial charge in [-0.15, -0.1) is 19.0 Å². The van der Waals surface area contributed by atoms with E-state index in [1.165, 1.54) is 0 Å². The maximum atomic E-state index is 12.2. The number of rotatable bonds is 7. The van der Waals surface area contributed by atoms with Crippen molar-refractivity contribution in [2.75, 3.05) is 31.9 Å². The molecule has 6 nitrogen and oxygen atoms in total. The van der Waals surface area contributed by atoms with Crippen molar-refractivity contribution < 1.29 is 13.2 Å². The molecule has 0 aromatic heterocycles. The Labute approximate surface area is 145 Å². The van der Waals surface area contributed by atoms with Gasteiger partial charge in [0.2, 0.25) is 15.9 Å². The molecule has 1 amide bonds. The van der Waals surface area contributed by atoms with Gasteiger partial charge in [0.25, 0.3) is 0 Å². The summed E-state index contributed by atoms with van der Waals surface area (Å²) in [5.41, 5.74) is 0. The number of allylic oxidation sites excluding steroid dienone is 1. The fraction of sp³-hybridized carbons (Fsp3) is 0.800. The predicted octanol–water partition coefficient (Wildman–Crippen LogP) is 0.894. The van der Waals surface area contributed by atoms with Gasteiger partial charge in [-0.2, -0.15) is 0 Å². The fourth-order valence-electron chi connectivity index (χ4n) is 3.08. The summed E-state index contributed by atoms with van der Waals surface area (Å²) in [7, 11) is -3.20. The van der Waals surface area contributed by atoms with E-state index < -0.39 is 10.0 Å². The summed E-state index contributed by atoms with van der Waals surface area (Å²) in [4.78, 5) is 12.0. The SMILES string of the molecule is C=CCCS(=O)(=O)N1CCCC(CNC(=O)C2CCCN2)C1.Cl. The molecule has 2 fully saturated rings. The second-order valence-corrected chi connectivity index (χ2v) is 8.24. The van der Waals surface area contributed by atoms with E-state index in [1.807, 2.05) is 0 Å². The van der Waals surface area contributed by atoms with Gasteiger partial charge in [-0.05, 0) is 44.6 Å². The predicted molar refractivity (Wildman–Crippen MR) is 94.2 cm³/mol. The summed E-state index contributed by atoms with van der Waals surface area (Å²) in [6.07, 6.45) is 5.86. The zero-order chi connectivity index (χ0) is 16.0. The second kappa shape index (κ2) is 9.61. The van der Waals surface area contributed by atoms with Crippen LogP contribution in [-0.2, 0) is 14.8 Å². The molecule has 2 saturated heterocycles. The molecule has 2 rings (SSSR count). The third kappa shape index (κ3) is 6.06. The Kier molecular flexibility index (Phi) is 8.53. The number of nitrogens with one attached hydrogen (secondary N) is 2. The van der Waals surface area contributed by atoms with Crippen LogP contribution in [0.2, 0.25) is 0 Å². The molecule has 0 saturated carbocycles. The van der Waals surface area contributed by atoms with Gasteiger partial charge in [0.1, 0.15) is 0 Å². The highest BCUT2D eigenvalue weighted by molar-refractivity contribution is 7.89. The van der Waals surface area contributed by atoms with Gasteiger partial charge in [-0.3, -0.25) is 4.79 Å². The van der Waals surface area contributed by atoms with Gasteiger partial charge < -0.3 is 10.6 Å². The smallest absolute Gasteiger partial charge is 0.237 e. The van der Waals surface area contributed by atoms with Crippen molar-refractivity contribution >= 4 is 28.3 Å². The van der Waals surface area contributed by atoms with Crippen LogP contribution in [0, 0.1) is 5.92 Å². The van der Waals surface area contributed by atoms with Crippen LogP contribution in [0.15, 0.2) is 12.7 Å². The molecule has 0 bridgehead atoms. The van der Waals surface area contributed by atoms with E-state index in [4.69, 9.17) is 0 Å². The Hall–Kier alpha value is -0.630. The van der Waals surface area contributed by atoms with Gasteiger partial charge in [-0.1, -0.05) is 6.08 Å². The van der Waals surface area contributed by atoms with Gasteiger partial charge in [0, 0.05) is 19.6 Å². The molecule has 0 spiro atoms. The zero-order valence-electron chi connectivity index (χ0n) is 13.5. The third-order valence-electron chi connectivity index (χ3n) is 4.40. The van der Waals surface area contributed by atoms with Crippen LogP contribution in [0.1, 0.15) is 32.1 Å². The number of carbonyl (C=O) groups is 1. The van der Waals surface area contributed by atoms with Crippen molar-refractivity contribution in [2.45, 2.75) is 38.1 Å². The molecule has 134 valence electrons. The first kappa shape index (κ1) is 20.4. The van der Waals surface area contributed by atoms with Crippen LogP contribution >= 0.6 is 12.4 Å². The minimum absolute atomic E-state index is 0. The maximum Gasteiger partial charge on any atom is 0.237 e. The lowest BCUT2D eigenvalue weighted by Crippen LogP contribution is -2.47. The first-order chi connectivity index (χ1) is 10.5. The molecule has 0 aromatic carbocycles. The molecule has 2 aliphatic heterocycles. The molecular formula is C15H28ClN3O3S. The van der Waals surface area contributed by atoms with E-state index in [0.29, 0.717) is 26.1 Å². The first-order valence-electron chi connectivity index (χ1n) is 8.13. The summed E-state index contributed by atoms with van der Waals surface area (Å²) in [5.74, 6) is 0.378. The minimum atomic E-state index is -3.20.